The van der Waals surface area contributed by atoms with Crippen LogP contribution in [0, 0.1) is 5.82 Å². The summed E-state index contributed by atoms with van der Waals surface area (Å²) in [6, 6.07) is 17.7. The van der Waals surface area contributed by atoms with Crippen molar-refractivity contribution in [2.24, 2.45) is 5.73 Å². The zero-order chi connectivity index (χ0) is 25.5. The number of hydrogen-bond acceptors (Lipinski definition) is 5. The number of rotatable bonds is 10. The molecule has 184 valence electrons. The van der Waals surface area contributed by atoms with Gasteiger partial charge in [-0.1, -0.05) is 48.5 Å². The average Bonchev–Trinajstić information content (AvgIpc) is 3.30. The van der Waals surface area contributed by atoms with E-state index in [1.54, 1.807) is 36.4 Å². The van der Waals surface area contributed by atoms with Crippen LogP contribution in [0.3, 0.4) is 0 Å². The van der Waals surface area contributed by atoms with Crippen LogP contribution in [0.2, 0.25) is 0 Å². The van der Waals surface area contributed by atoms with E-state index >= 15 is 0 Å². The molecule has 1 heterocycles. The lowest BCUT2D eigenvalue weighted by Gasteiger charge is -2.18. The number of carbonyl (C=O) groups is 2. The first-order valence-electron chi connectivity index (χ1n) is 11.3. The molecular weight excluding hydrogens is 463 g/mol. The minimum atomic E-state index is -0.630. The highest BCUT2D eigenvalue weighted by Crippen LogP contribution is 2.33. The van der Waals surface area contributed by atoms with Gasteiger partial charge in [0.1, 0.15) is 11.6 Å². The number of aromatic nitrogens is 2. The van der Waals surface area contributed by atoms with Gasteiger partial charge in [0, 0.05) is 0 Å². The molecule has 0 unspecified atom stereocenters. The van der Waals surface area contributed by atoms with Crippen LogP contribution in [-0.2, 0) is 4.79 Å². The highest BCUT2D eigenvalue weighted by molar-refractivity contribution is 6.05. The van der Waals surface area contributed by atoms with Gasteiger partial charge in [0.2, 0.25) is 5.91 Å². The molecule has 0 aliphatic heterocycles. The molecule has 3 aromatic carbocycles. The third-order valence-electron chi connectivity index (χ3n) is 5.54. The fourth-order valence-corrected chi connectivity index (χ4v) is 3.71. The highest BCUT2D eigenvalue weighted by atomic mass is 19.1. The van der Waals surface area contributed by atoms with Crippen molar-refractivity contribution in [3.05, 3.63) is 94.9 Å². The van der Waals surface area contributed by atoms with Crippen LogP contribution in [-0.4, -0.2) is 40.3 Å². The van der Waals surface area contributed by atoms with Crippen LogP contribution in [0.4, 0.5) is 4.39 Å². The number of primary amides is 1. The number of hydrogen-bond donors (Lipinski definition) is 4. The molecule has 0 aliphatic rings. The molecule has 36 heavy (non-hydrogen) atoms. The van der Waals surface area contributed by atoms with Crippen molar-refractivity contribution in [3.63, 3.8) is 0 Å². The molecule has 8 nitrogen and oxygen atoms in total. The number of aliphatic hydroxyl groups is 1. The molecule has 1 atom stereocenters. The summed E-state index contributed by atoms with van der Waals surface area (Å²) in [5.41, 5.74) is 8.07. The number of carbonyl (C=O) groups excluding carboxylic acids is 2. The fourth-order valence-electron chi connectivity index (χ4n) is 3.71. The summed E-state index contributed by atoms with van der Waals surface area (Å²) in [4.78, 5) is 24.6. The Kier molecular flexibility index (Phi) is 7.72. The summed E-state index contributed by atoms with van der Waals surface area (Å²) in [6.07, 6.45) is 3.43. The van der Waals surface area contributed by atoms with E-state index in [1.807, 2.05) is 30.3 Å². The van der Waals surface area contributed by atoms with Gasteiger partial charge in [0.25, 0.3) is 5.91 Å². The number of halogens is 1. The van der Waals surface area contributed by atoms with Gasteiger partial charge in [-0.15, -0.1) is 0 Å². The molecule has 4 aromatic rings. The minimum Gasteiger partial charge on any atom is -0.491 e. The van der Waals surface area contributed by atoms with E-state index in [9.17, 15) is 19.1 Å². The zero-order valence-corrected chi connectivity index (χ0v) is 19.3. The molecule has 0 fully saturated rings. The predicted octanol–water partition coefficient (Wildman–Crippen LogP) is 3.59. The summed E-state index contributed by atoms with van der Waals surface area (Å²) < 4.78 is 19.1. The van der Waals surface area contributed by atoms with E-state index in [0.29, 0.717) is 16.6 Å². The van der Waals surface area contributed by atoms with Crippen molar-refractivity contribution in [1.82, 2.24) is 15.5 Å². The molecule has 0 saturated carbocycles. The maximum atomic E-state index is 13.3. The molecule has 0 aliphatic carbocycles. The third-order valence-corrected chi connectivity index (χ3v) is 5.54. The molecule has 4 rings (SSSR count). The van der Waals surface area contributed by atoms with E-state index in [1.165, 1.54) is 12.1 Å². The van der Waals surface area contributed by atoms with Gasteiger partial charge < -0.3 is 20.9 Å². The SMILES string of the molecule is NC(=O)CCOc1c(C(=O)N[C@H](CO)c2ccccc2)ccc2[nH]nc(C=Cc3ccc(F)cc3)c12. The van der Waals surface area contributed by atoms with Gasteiger partial charge in [0.15, 0.2) is 0 Å². The first kappa shape index (κ1) is 24.6. The summed E-state index contributed by atoms with van der Waals surface area (Å²) in [7, 11) is 0. The van der Waals surface area contributed by atoms with E-state index in [-0.39, 0.29) is 36.8 Å². The standard InChI is InChI=1S/C27H25FN4O4/c28-19-9-6-17(7-10-19)8-12-21-25-22(32-31-21)13-11-20(26(25)36-15-14-24(29)34)27(35)30-23(16-33)18-4-2-1-3-5-18/h1-13,23,33H,14-16H2,(H2,29,34)(H,30,35)(H,31,32)/t23-/m1/s1. The first-order valence-corrected chi connectivity index (χ1v) is 11.3. The number of nitrogens with one attached hydrogen (secondary N) is 2. The Morgan fingerprint density at radius 2 is 1.83 bits per heavy atom. The average molecular weight is 489 g/mol. The van der Waals surface area contributed by atoms with Gasteiger partial charge in [-0.25, -0.2) is 4.39 Å². The van der Waals surface area contributed by atoms with Crippen LogP contribution in [0.15, 0.2) is 66.7 Å². The first-order chi connectivity index (χ1) is 17.5. The van der Waals surface area contributed by atoms with Crippen LogP contribution in [0.5, 0.6) is 5.75 Å². The van der Waals surface area contributed by atoms with Crippen molar-refractivity contribution in [2.45, 2.75) is 12.5 Å². The normalized spacial score (nSPS) is 12.1. The molecule has 0 spiro atoms. The quantitative estimate of drug-likeness (QED) is 0.271. The molecule has 0 saturated heterocycles. The molecule has 1 aromatic heterocycles. The lowest BCUT2D eigenvalue weighted by atomic mass is 10.0. The monoisotopic (exact) mass is 488 g/mol. The lowest BCUT2D eigenvalue weighted by Crippen LogP contribution is -2.31. The van der Waals surface area contributed by atoms with E-state index in [4.69, 9.17) is 10.5 Å². The number of H-pyrrole nitrogens is 1. The van der Waals surface area contributed by atoms with Gasteiger partial charge in [-0.2, -0.15) is 5.10 Å². The molecule has 9 heteroatoms. The predicted molar refractivity (Wildman–Crippen MR) is 134 cm³/mol. The van der Waals surface area contributed by atoms with Crippen molar-refractivity contribution in [3.8, 4) is 5.75 Å². The summed E-state index contributed by atoms with van der Waals surface area (Å²) in [5.74, 6) is -1.12. The lowest BCUT2D eigenvalue weighted by molar-refractivity contribution is -0.118. The molecule has 5 N–H and O–H groups in total. The van der Waals surface area contributed by atoms with Crippen molar-refractivity contribution in [1.29, 1.82) is 0 Å². The second-order valence-corrected chi connectivity index (χ2v) is 8.04. The largest absolute Gasteiger partial charge is 0.491 e. The van der Waals surface area contributed by atoms with Crippen molar-refractivity contribution < 1.29 is 23.8 Å². The summed E-state index contributed by atoms with van der Waals surface area (Å²) in [5, 5.41) is 20.5. The van der Waals surface area contributed by atoms with Gasteiger partial charge >= 0.3 is 0 Å². The maximum Gasteiger partial charge on any atom is 0.255 e. The Labute approximate surface area is 206 Å². The Balaban J connectivity index is 1.71. The van der Waals surface area contributed by atoms with Gasteiger partial charge in [-0.05, 0) is 41.5 Å². The van der Waals surface area contributed by atoms with E-state index in [2.05, 4.69) is 15.5 Å². The number of aliphatic hydroxyl groups excluding tert-OH is 1. The fraction of sp³-hybridized carbons (Fsp3) is 0.148. The van der Waals surface area contributed by atoms with Gasteiger partial charge in [-0.3, -0.25) is 14.7 Å². The number of nitrogens with zero attached hydrogens (tertiary/aromatic N) is 1. The Morgan fingerprint density at radius 3 is 2.53 bits per heavy atom. The third kappa shape index (κ3) is 5.76. The van der Waals surface area contributed by atoms with Gasteiger partial charge in [0.05, 0.1) is 47.8 Å². The van der Waals surface area contributed by atoms with Crippen LogP contribution in [0.25, 0.3) is 23.1 Å². The zero-order valence-electron chi connectivity index (χ0n) is 19.3. The Morgan fingerprint density at radius 1 is 1.08 bits per heavy atom. The number of amides is 2. The van der Waals surface area contributed by atoms with Crippen molar-refractivity contribution >= 4 is 34.9 Å². The minimum absolute atomic E-state index is 0.0386. The number of benzene rings is 3. The number of nitrogens with two attached hydrogens (primary N) is 1. The van der Waals surface area contributed by atoms with Crippen molar-refractivity contribution in [2.75, 3.05) is 13.2 Å². The molecular formula is C27H25FN4O4. The number of fused-ring (bicyclic) bond motifs is 1. The smallest absolute Gasteiger partial charge is 0.255 e. The van der Waals surface area contributed by atoms with Crippen LogP contribution < -0.4 is 15.8 Å². The topological polar surface area (TPSA) is 130 Å². The van der Waals surface area contributed by atoms with E-state index in [0.717, 1.165) is 11.1 Å². The molecule has 2 amide bonds. The number of aromatic amines is 1. The van der Waals surface area contributed by atoms with Crippen LogP contribution >= 0.6 is 0 Å². The maximum absolute atomic E-state index is 13.3. The molecule has 0 radical (unpaired) electrons. The Bertz CT molecular complexity index is 1380. The number of ether oxygens (including phenoxy) is 1. The Hall–Kier alpha value is -4.50. The second-order valence-electron chi connectivity index (χ2n) is 8.04. The molecule has 0 bridgehead atoms. The summed E-state index contributed by atoms with van der Waals surface area (Å²) >= 11 is 0. The van der Waals surface area contributed by atoms with Crippen LogP contribution in [0.1, 0.15) is 39.6 Å². The summed E-state index contributed by atoms with van der Waals surface area (Å²) in [6.45, 7) is -0.337. The van der Waals surface area contributed by atoms with E-state index < -0.39 is 17.9 Å². The second kappa shape index (κ2) is 11.3. The highest BCUT2D eigenvalue weighted by Gasteiger charge is 2.22.